The lowest BCUT2D eigenvalue weighted by molar-refractivity contribution is 0.197. The van der Waals surface area contributed by atoms with Gasteiger partial charge in [0.15, 0.2) is 0 Å². The molecule has 2 N–H and O–H groups in total. The van der Waals surface area contributed by atoms with Crippen molar-refractivity contribution in [2.75, 3.05) is 18.1 Å². The number of ether oxygens (including phenoxy) is 1. The molecule has 3 rings (SSSR count). The Kier molecular flexibility index (Phi) is 8.06. The first-order valence-corrected chi connectivity index (χ1v) is 11.1. The maximum Gasteiger partial charge on any atom is 0.126 e. The van der Waals surface area contributed by atoms with E-state index in [1.165, 1.54) is 31.2 Å². The smallest absolute Gasteiger partial charge is 0.126 e. The third-order valence-electron chi connectivity index (χ3n) is 5.15. The van der Waals surface area contributed by atoms with Gasteiger partial charge < -0.3 is 14.9 Å². The molecule has 0 aromatic heterocycles. The van der Waals surface area contributed by atoms with Gasteiger partial charge in [0.2, 0.25) is 0 Å². The van der Waals surface area contributed by atoms with Gasteiger partial charge in [0.1, 0.15) is 12.4 Å². The van der Waals surface area contributed by atoms with Crippen molar-refractivity contribution < 1.29 is 14.9 Å². The summed E-state index contributed by atoms with van der Waals surface area (Å²) < 4.78 is 6.34. The zero-order chi connectivity index (χ0) is 18.9. The Bertz CT molecular complexity index is 683. The second-order valence-corrected chi connectivity index (χ2v) is 8.40. The monoisotopic (exact) mass is 386 g/mol. The van der Waals surface area contributed by atoms with Crippen molar-refractivity contribution in [3.05, 3.63) is 65.2 Å². The molecule has 0 spiro atoms. The Morgan fingerprint density at radius 1 is 1.04 bits per heavy atom. The largest absolute Gasteiger partial charge is 0.488 e. The lowest BCUT2D eigenvalue weighted by atomic mass is 9.93. The Labute approximate surface area is 166 Å². The van der Waals surface area contributed by atoms with Gasteiger partial charge in [-0.1, -0.05) is 61.4 Å². The van der Waals surface area contributed by atoms with Crippen molar-refractivity contribution in [3.8, 4) is 5.75 Å². The standard InChI is InChI=1S/C23H30O3S/c24-13-14-27-17-21(25)15-20-11-6-12-22(19-9-4-5-10-19)23(20)26-16-18-7-2-1-3-8-18/h1-3,6-8,11-12,19,21,24-25H,4-5,9-10,13-17H2/t21-/m0/s1. The maximum atomic E-state index is 10.4. The molecule has 1 aliphatic carbocycles. The zero-order valence-electron chi connectivity index (χ0n) is 15.8. The summed E-state index contributed by atoms with van der Waals surface area (Å²) in [7, 11) is 0. The molecule has 2 aromatic carbocycles. The number of para-hydroxylation sites is 1. The van der Waals surface area contributed by atoms with Gasteiger partial charge in [-0.25, -0.2) is 0 Å². The number of hydrogen-bond donors (Lipinski definition) is 2. The van der Waals surface area contributed by atoms with E-state index in [1.54, 1.807) is 11.8 Å². The minimum absolute atomic E-state index is 0.153. The van der Waals surface area contributed by atoms with E-state index in [0.29, 0.717) is 30.5 Å². The van der Waals surface area contributed by atoms with Crippen LogP contribution in [0.5, 0.6) is 5.75 Å². The molecule has 0 aliphatic heterocycles. The van der Waals surface area contributed by atoms with Crippen molar-refractivity contribution in [2.24, 2.45) is 0 Å². The highest BCUT2D eigenvalue weighted by Crippen LogP contribution is 2.40. The predicted octanol–water partition coefficient (Wildman–Crippen LogP) is 4.55. The number of benzene rings is 2. The van der Waals surface area contributed by atoms with E-state index in [1.807, 2.05) is 18.2 Å². The molecule has 1 atom stereocenters. The molecule has 0 amide bonds. The summed E-state index contributed by atoms with van der Waals surface area (Å²) in [4.78, 5) is 0. The van der Waals surface area contributed by atoms with E-state index < -0.39 is 6.10 Å². The Morgan fingerprint density at radius 3 is 2.56 bits per heavy atom. The molecule has 2 aromatic rings. The average molecular weight is 387 g/mol. The zero-order valence-corrected chi connectivity index (χ0v) is 16.7. The number of rotatable bonds is 10. The molecule has 0 saturated heterocycles. The topological polar surface area (TPSA) is 49.7 Å². The molecule has 0 unspecified atom stereocenters. The summed E-state index contributed by atoms with van der Waals surface area (Å²) in [5, 5.41) is 19.4. The van der Waals surface area contributed by atoms with Gasteiger partial charge in [-0.3, -0.25) is 0 Å². The van der Waals surface area contributed by atoms with Crippen LogP contribution in [-0.4, -0.2) is 34.4 Å². The van der Waals surface area contributed by atoms with Crippen LogP contribution in [0.15, 0.2) is 48.5 Å². The fraction of sp³-hybridized carbons (Fsp3) is 0.478. The summed E-state index contributed by atoms with van der Waals surface area (Å²) in [6.07, 6.45) is 5.17. The lowest BCUT2D eigenvalue weighted by Gasteiger charge is -2.21. The molecular weight excluding hydrogens is 356 g/mol. The molecule has 0 bridgehead atoms. The molecule has 1 aliphatic rings. The van der Waals surface area contributed by atoms with Crippen LogP contribution in [-0.2, 0) is 13.0 Å². The van der Waals surface area contributed by atoms with Crippen molar-refractivity contribution in [2.45, 2.75) is 50.7 Å². The van der Waals surface area contributed by atoms with Gasteiger partial charge >= 0.3 is 0 Å². The molecule has 27 heavy (non-hydrogen) atoms. The van der Waals surface area contributed by atoms with E-state index in [-0.39, 0.29) is 6.61 Å². The second kappa shape index (κ2) is 10.7. The fourth-order valence-corrected chi connectivity index (χ4v) is 4.51. The molecule has 0 heterocycles. The third kappa shape index (κ3) is 6.00. The van der Waals surface area contributed by atoms with Crippen LogP contribution in [0.25, 0.3) is 0 Å². The van der Waals surface area contributed by atoms with Gasteiger partial charge in [-0.05, 0) is 35.4 Å². The van der Waals surface area contributed by atoms with Crippen LogP contribution in [0.2, 0.25) is 0 Å². The normalized spacial score (nSPS) is 15.8. The predicted molar refractivity (Wildman–Crippen MR) is 113 cm³/mol. The molecule has 1 fully saturated rings. The summed E-state index contributed by atoms with van der Waals surface area (Å²) in [6.45, 7) is 0.701. The molecule has 0 radical (unpaired) electrons. The molecular formula is C23H30O3S. The summed E-state index contributed by atoms with van der Waals surface area (Å²) in [5.41, 5.74) is 3.55. The van der Waals surface area contributed by atoms with Gasteiger partial charge in [0.25, 0.3) is 0 Å². The Morgan fingerprint density at radius 2 is 1.81 bits per heavy atom. The Balaban J connectivity index is 1.77. The van der Waals surface area contributed by atoms with Crippen LogP contribution in [0, 0.1) is 0 Å². The Hall–Kier alpha value is -1.49. The maximum absolute atomic E-state index is 10.4. The fourth-order valence-electron chi connectivity index (χ4n) is 3.83. The van der Waals surface area contributed by atoms with Gasteiger partial charge in [-0.2, -0.15) is 11.8 Å². The van der Waals surface area contributed by atoms with Gasteiger partial charge in [0, 0.05) is 17.9 Å². The first kappa shape index (κ1) is 20.2. The number of aliphatic hydroxyl groups is 2. The van der Waals surface area contributed by atoms with Crippen LogP contribution in [0.1, 0.15) is 48.3 Å². The highest BCUT2D eigenvalue weighted by Gasteiger charge is 2.23. The molecule has 1 saturated carbocycles. The highest BCUT2D eigenvalue weighted by molar-refractivity contribution is 7.99. The van der Waals surface area contributed by atoms with Gasteiger partial charge in [-0.15, -0.1) is 0 Å². The lowest BCUT2D eigenvalue weighted by Crippen LogP contribution is -2.16. The van der Waals surface area contributed by atoms with E-state index in [9.17, 15) is 5.11 Å². The first-order valence-electron chi connectivity index (χ1n) is 9.93. The van der Waals surface area contributed by atoms with E-state index >= 15 is 0 Å². The molecule has 146 valence electrons. The third-order valence-corrected chi connectivity index (χ3v) is 6.24. The number of hydrogen-bond acceptors (Lipinski definition) is 4. The summed E-state index contributed by atoms with van der Waals surface area (Å²) in [6, 6.07) is 16.6. The summed E-state index contributed by atoms with van der Waals surface area (Å²) in [5.74, 6) is 2.83. The van der Waals surface area contributed by atoms with Crippen LogP contribution in [0.4, 0.5) is 0 Å². The summed E-state index contributed by atoms with van der Waals surface area (Å²) >= 11 is 1.59. The molecule has 3 nitrogen and oxygen atoms in total. The van der Waals surface area contributed by atoms with Gasteiger partial charge in [0.05, 0.1) is 12.7 Å². The van der Waals surface area contributed by atoms with Crippen LogP contribution in [0.3, 0.4) is 0 Å². The highest BCUT2D eigenvalue weighted by atomic mass is 32.2. The first-order chi connectivity index (χ1) is 13.3. The number of aliphatic hydroxyl groups excluding tert-OH is 2. The minimum atomic E-state index is -0.431. The number of thioether (sulfide) groups is 1. The quantitative estimate of drug-likeness (QED) is 0.588. The van der Waals surface area contributed by atoms with Crippen LogP contribution < -0.4 is 4.74 Å². The van der Waals surface area contributed by atoms with Crippen LogP contribution >= 0.6 is 11.8 Å². The van der Waals surface area contributed by atoms with Crippen molar-refractivity contribution in [3.63, 3.8) is 0 Å². The van der Waals surface area contributed by atoms with E-state index in [4.69, 9.17) is 9.84 Å². The average Bonchev–Trinajstić information content (AvgIpc) is 3.22. The molecule has 4 heteroatoms. The van der Waals surface area contributed by atoms with Crippen molar-refractivity contribution >= 4 is 11.8 Å². The van der Waals surface area contributed by atoms with E-state index in [2.05, 4.69) is 30.3 Å². The van der Waals surface area contributed by atoms with Crippen molar-refractivity contribution in [1.82, 2.24) is 0 Å². The van der Waals surface area contributed by atoms with Crippen molar-refractivity contribution in [1.29, 1.82) is 0 Å². The van der Waals surface area contributed by atoms with E-state index in [0.717, 1.165) is 16.9 Å². The SMILES string of the molecule is OCCSC[C@@H](O)Cc1cccc(C2CCCC2)c1OCc1ccccc1. The minimum Gasteiger partial charge on any atom is -0.488 e. The second-order valence-electron chi connectivity index (χ2n) is 7.25.